The Morgan fingerprint density at radius 3 is 2.42 bits per heavy atom. The van der Waals surface area contributed by atoms with Gasteiger partial charge in [0.2, 0.25) is 0 Å². The first-order chi connectivity index (χ1) is 8.87. The van der Waals surface area contributed by atoms with Gasteiger partial charge in [0, 0.05) is 18.3 Å². The Kier molecular flexibility index (Phi) is 3.94. The van der Waals surface area contributed by atoms with Gasteiger partial charge in [0.15, 0.2) is 5.92 Å². The Balaban J connectivity index is 2.00. The van der Waals surface area contributed by atoms with Gasteiger partial charge in [-0.1, -0.05) is 28.1 Å². The minimum absolute atomic E-state index is 0.393. The number of carbonyl (C=O) groups excluding carboxylic acids is 2. The van der Waals surface area contributed by atoms with Crippen LogP contribution in [0.4, 0.5) is 0 Å². The largest absolute Gasteiger partial charge is 0.422 e. The number of halogens is 1. The molecule has 1 aliphatic heterocycles. The molecule has 0 amide bonds. The minimum Gasteiger partial charge on any atom is -0.422 e. The van der Waals surface area contributed by atoms with Crippen molar-refractivity contribution in [3.05, 3.63) is 34.3 Å². The lowest BCUT2D eigenvalue weighted by Crippen LogP contribution is -2.46. The molecule has 1 saturated heterocycles. The highest BCUT2D eigenvalue weighted by Gasteiger charge is 2.42. The number of rotatable bonds is 3. The molecular weight excluding hydrogens is 312 g/mol. The van der Waals surface area contributed by atoms with Crippen LogP contribution in [-0.4, -0.2) is 17.7 Å². The molecule has 0 spiro atoms. The van der Waals surface area contributed by atoms with Crippen LogP contribution in [0, 0.1) is 5.92 Å². The average molecular weight is 327 g/mol. The third-order valence-electron chi connectivity index (χ3n) is 2.87. The fraction of sp³-hybridized carbons (Fsp3) is 0.429. The van der Waals surface area contributed by atoms with E-state index >= 15 is 0 Å². The van der Waals surface area contributed by atoms with Gasteiger partial charge in [-0.2, -0.15) is 0 Å². The third-order valence-corrected chi connectivity index (χ3v) is 3.37. The minimum atomic E-state index is -1.15. The zero-order valence-corrected chi connectivity index (χ0v) is 12.4. The van der Waals surface area contributed by atoms with Crippen molar-refractivity contribution in [3.63, 3.8) is 0 Å². The van der Waals surface area contributed by atoms with Gasteiger partial charge < -0.3 is 9.47 Å². The van der Waals surface area contributed by atoms with Crippen LogP contribution >= 0.6 is 15.9 Å². The maximum Gasteiger partial charge on any atom is 0.323 e. The topological polar surface area (TPSA) is 52.6 Å². The van der Waals surface area contributed by atoms with Gasteiger partial charge in [0.25, 0.3) is 5.79 Å². The summed E-state index contributed by atoms with van der Waals surface area (Å²) >= 11 is 3.38. The molecule has 1 aromatic carbocycles. The van der Waals surface area contributed by atoms with Crippen molar-refractivity contribution in [1.29, 1.82) is 0 Å². The van der Waals surface area contributed by atoms with Crippen LogP contribution in [0.2, 0.25) is 0 Å². The number of hydrogen-bond donors (Lipinski definition) is 0. The maximum atomic E-state index is 11.8. The number of ether oxygens (including phenoxy) is 2. The lowest BCUT2D eigenvalue weighted by Gasteiger charge is -2.32. The van der Waals surface area contributed by atoms with Gasteiger partial charge in [0.05, 0.1) is 0 Å². The fourth-order valence-electron chi connectivity index (χ4n) is 1.98. The number of cyclic esters (lactones) is 2. The Morgan fingerprint density at radius 2 is 1.84 bits per heavy atom. The fourth-order valence-corrected chi connectivity index (χ4v) is 2.43. The maximum absolute atomic E-state index is 11.8. The lowest BCUT2D eigenvalue weighted by atomic mass is 9.98. The van der Waals surface area contributed by atoms with Gasteiger partial charge in [-0.3, -0.25) is 9.59 Å². The molecule has 1 aliphatic rings. The van der Waals surface area contributed by atoms with Gasteiger partial charge in [-0.05, 0) is 30.5 Å². The number of aryl methyl sites for hydroxylation is 1. The first kappa shape index (κ1) is 14.1. The summed E-state index contributed by atoms with van der Waals surface area (Å²) in [5, 5.41) is 0. The second kappa shape index (κ2) is 5.33. The van der Waals surface area contributed by atoms with Crippen molar-refractivity contribution in [1.82, 2.24) is 0 Å². The van der Waals surface area contributed by atoms with Crippen LogP contribution < -0.4 is 0 Å². The van der Waals surface area contributed by atoms with Gasteiger partial charge >= 0.3 is 11.9 Å². The summed E-state index contributed by atoms with van der Waals surface area (Å²) in [6.45, 7) is 3.10. The van der Waals surface area contributed by atoms with Crippen molar-refractivity contribution < 1.29 is 19.1 Å². The van der Waals surface area contributed by atoms with Crippen molar-refractivity contribution in [2.24, 2.45) is 5.92 Å². The molecule has 0 aromatic heterocycles. The van der Waals surface area contributed by atoms with E-state index in [0.29, 0.717) is 12.8 Å². The molecule has 0 N–H and O–H groups in total. The van der Waals surface area contributed by atoms with Crippen molar-refractivity contribution >= 4 is 27.9 Å². The number of carbonyl (C=O) groups is 2. The molecule has 1 aromatic rings. The molecule has 1 heterocycles. The Morgan fingerprint density at radius 1 is 1.21 bits per heavy atom. The standard InChI is InChI=1S/C14H15BrO4/c1-14(2)18-12(16)11(13(17)19-14)7-6-9-4-3-5-10(15)8-9/h3-5,8,11H,6-7H2,1-2H3. The van der Waals surface area contributed by atoms with E-state index in [4.69, 9.17) is 9.47 Å². The second-order valence-corrected chi connectivity index (χ2v) is 5.88. The van der Waals surface area contributed by atoms with E-state index in [-0.39, 0.29) is 0 Å². The molecule has 0 bridgehead atoms. The number of hydrogen-bond acceptors (Lipinski definition) is 4. The molecule has 102 valence electrons. The van der Waals surface area contributed by atoms with E-state index in [9.17, 15) is 9.59 Å². The average Bonchev–Trinajstić information content (AvgIpc) is 2.26. The van der Waals surface area contributed by atoms with Crippen LogP contribution in [0.5, 0.6) is 0 Å². The van der Waals surface area contributed by atoms with E-state index in [1.165, 1.54) is 0 Å². The summed E-state index contributed by atoms with van der Waals surface area (Å²) in [6.07, 6.45) is 1.01. The summed E-state index contributed by atoms with van der Waals surface area (Å²) in [4.78, 5) is 23.6. The smallest absolute Gasteiger partial charge is 0.323 e. The summed E-state index contributed by atoms with van der Waals surface area (Å²) in [7, 11) is 0. The van der Waals surface area contributed by atoms with Crippen LogP contribution in [0.25, 0.3) is 0 Å². The van der Waals surface area contributed by atoms with Gasteiger partial charge in [0.1, 0.15) is 0 Å². The molecule has 4 nitrogen and oxygen atoms in total. The van der Waals surface area contributed by atoms with Crippen LogP contribution in [-0.2, 0) is 25.5 Å². The number of esters is 2. The molecule has 0 aliphatic carbocycles. The highest BCUT2D eigenvalue weighted by atomic mass is 79.9. The molecule has 1 fully saturated rings. The van der Waals surface area contributed by atoms with E-state index in [1.807, 2.05) is 24.3 Å². The Bertz CT molecular complexity index is 490. The van der Waals surface area contributed by atoms with E-state index in [0.717, 1.165) is 10.0 Å². The van der Waals surface area contributed by atoms with Crippen molar-refractivity contribution in [2.75, 3.05) is 0 Å². The van der Waals surface area contributed by atoms with Gasteiger partial charge in [-0.25, -0.2) is 0 Å². The van der Waals surface area contributed by atoms with Gasteiger partial charge in [-0.15, -0.1) is 0 Å². The molecule has 0 unspecified atom stereocenters. The van der Waals surface area contributed by atoms with E-state index < -0.39 is 23.6 Å². The van der Waals surface area contributed by atoms with Crippen molar-refractivity contribution in [3.8, 4) is 0 Å². The lowest BCUT2D eigenvalue weighted by molar-refractivity contribution is -0.240. The second-order valence-electron chi connectivity index (χ2n) is 4.96. The highest BCUT2D eigenvalue weighted by molar-refractivity contribution is 9.10. The molecule has 0 saturated carbocycles. The van der Waals surface area contributed by atoms with Crippen LogP contribution in [0.3, 0.4) is 0 Å². The molecule has 5 heteroatoms. The van der Waals surface area contributed by atoms with Crippen molar-refractivity contribution in [2.45, 2.75) is 32.5 Å². The predicted molar refractivity (Wildman–Crippen MR) is 72.2 cm³/mol. The Labute approximate surface area is 120 Å². The van der Waals surface area contributed by atoms with Crippen LogP contribution in [0.15, 0.2) is 28.7 Å². The summed E-state index contributed by atoms with van der Waals surface area (Å²) < 4.78 is 11.1. The first-order valence-electron chi connectivity index (χ1n) is 6.07. The molecule has 19 heavy (non-hydrogen) atoms. The molecule has 0 atom stereocenters. The quantitative estimate of drug-likeness (QED) is 0.633. The summed E-state index contributed by atoms with van der Waals surface area (Å²) in [6, 6.07) is 7.76. The zero-order valence-electron chi connectivity index (χ0n) is 10.8. The molecule has 0 radical (unpaired) electrons. The molecule has 2 rings (SSSR count). The predicted octanol–water partition coefficient (Wildman–Crippen LogP) is 2.83. The Hall–Kier alpha value is -1.36. The summed E-state index contributed by atoms with van der Waals surface area (Å²) in [5.74, 6) is -2.99. The van der Waals surface area contributed by atoms with E-state index in [2.05, 4.69) is 15.9 Å². The highest BCUT2D eigenvalue weighted by Crippen LogP contribution is 2.26. The van der Waals surface area contributed by atoms with E-state index in [1.54, 1.807) is 13.8 Å². The SMILES string of the molecule is CC1(C)OC(=O)C(CCc2cccc(Br)c2)C(=O)O1. The summed E-state index contributed by atoms with van der Waals surface area (Å²) in [5.41, 5.74) is 1.06. The van der Waals surface area contributed by atoms with Crippen LogP contribution in [0.1, 0.15) is 25.8 Å². The molecular formula is C14H15BrO4. The third kappa shape index (κ3) is 3.56. The monoisotopic (exact) mass is 326 g/mol. The zero-order chi connectivity index (χ0) is 14.0. The normalized spacial score (nSPS) is 18.9. The number of benzene rings is 1. The first-order valence-corrected chi connectivity index (χ1v) is 6.87.